The molecule has 0 amide bonds. The first kappa shape index (κ1) is 13.5. The summed E-state index contributed by atoms with van der Waals surface area (Å²) in [6.45, 7) is 9.53. The molecular formula is C17H28O2. The van der Waals surface area contributed by atoms with E-state index in [1.54, 1.807) is 0 Å². The van der Waals surface area contributed by atoms with Crippen LogP contribution < -0.4 is 0 Å². The molecule has 1 N–H and O–H groups in total. The second-order valence-corrected chi connectivity index (χ2v) is 8.57. The molecule has 0 aliphatic heterocycles. The molecule has 0 heterocycles. The van der Waals surface area contributed by atoms with E-state index in [0.717, 1.165) is 18.3 Å². The molecular weight excluding hydrogens is 236 g/mol. The number of carboxylic acids is 1. The van der Waals surface area contributed by atoms with Crippen molar-refractivity contribution >= 4 is 5.97 Å². The lowest BCUT2D eigenvalue weighted by molar-refractivity contribution is -0.142. The highest BCUT2D eigenvalue weighted by molar-refractivity contribution is 5.67. The summed E-state index contributed by atoms with van der Waals surface area (Å²) in [5.41, 5.74) is 0.891. The molecule has 3 rings (SSSR count). The van der Waals surface area contributed by atoms with E-state index in [2.05, 4.69) is 27.7 Å². The molecule has 0 saturated heterocycles. The second-order valence-electron chi connectivity index (χ2n) is 8.57. The Morgan fingerprint density at radius 2 is 1.84 bits per heavy atom. The molecule has 5 atom stereocenters. The number of hydrogen-bond acceptors (Lipinski definition) is 1. The molecule has 2 heteroatoms. The van der Waals surface area contributed by atoms with Gasteiger partial charge in [-0.25, -0.2) is 0 Å². The molecule has 108 valence electrons. The Balaban J connectivity index is 1.99. The van der Waals surface area contributed by atoms with E-state index in [9.17, 15) is 9.90 Å². The van der Waals surface area contributed by atoms with Crippen molar-refractivity contribution in [2.45, 2.75) is 66.2 Å². The van der Waals surface area contributed by atoms with Gasteiger partial charge in [-0.3, -0.25) is 4.79 Å². The van der Waals surface area contributed by atoms with Gasteiger partial charge >= 0.3 is 5.97 Å². The molecule has 3 saturated carbocycles. The summed E-state index contributed by atoms with van der Waals surface area (Å²) in [7, 11) is 0. The fraction of sp³-hybridized carbons (Fsp3) is 0.941. The van der Waals surface area contributed by atoms with E-state index >= 15 is 0 Å². The number of carbonyl (C=O) groups is 1. The van der Waals surface area contributed by atoms with Crippen LogP contribution in [0.25, 0.3) is 0 Å². The quantitative estimate of drug-likeness (QED) is 0.805. The molecule has 0 aromatic rings. The van der Waals surface area contributed by atoms with Crippen LogP contribution in [0, 0.1) is 34.0 Å². The van der Waals surface area contributed by atoms with Crippen LogP contribution in [0.3, 0.4) is 0 Å². The summed E-state index contributed by atoms with van der Waals surface area (Å²) in [6.07, 6.45) is 6.79. The van der Waals surface area contributed by atoms with Crippen molar-refractivity contribution < 1.29 is 9.90 Å². The molecule has 2 bridgehead atoms. The average Bonchev–Trinajstić information content (AvgIpc) is 2.69. The molecule has 3 aliphatic rings. The minimum Gasteiger partial charge on any atom is -0.481 e. The molecule has 3 unspecified atom stereocenters. The minimum atomic E-state index is -0.612. The first-order valence-corrected chi connectivity index (χ1v) is 7.94. The van der Waals surface area contributed by atoms with E-state index in [4.69, 9.17) is 0 Å². The van der Waals surface area contributed by atoms with Crippen LogP contribution in [0.5, 0.6) is 0 Å². The summed E-state index contributed by atoms with van der Waals surface area (Å²) >= 11 is 0. The number of hydrogen-bond donors (Lipinski definition) is 1. The van der Waals surface area contributed by atoms with Gasteiger partial charge in [0.05, 0.1) is 6.42 Å². The highest BCUT2D eigenvalue weighted by atomic mass is 16.4. The lowest BCUT2D eigenvalue weighted by atomic mass is 9.58. The highest BCUT2D eigenvalue weighted by Crippen LogP contribution is 2.75. The van der Waals surface area contributed by atoms with Crippen molar-refractivity contribution in [2.75, 3.05) is 0 Å². The van der Waals surface area contributed by atoms with Crippen molar-refractivity contribution in [1.29, 1.82) is 0 Å². The van der Waals surface area contributed by atoms with Crippen molar-refractivity contribution in [2.24, 2.45) is 34.0 Å². The fourth-order valence-electron chi connectivity index (χ4n) is 6.59. The van der Waals surface area contributed by atoms with E-state index in [1.807, 2.05) is 0 Å². The fourth-order valence-corrected chi connectivity index (χ4v) is 6.59. The SMILES string of the molecule is CC1CCC2C(C)(C)C3C[C@]12CC[C@]3(C)CC(=O)O. The summed E-state index contributed by atoms with van der Waals surface area (Å²) in [5, 5.41) is 9.28. The van der Waals surface area contributed by atoms with Crippen LogP contribution in [0.4, 0.5) is 0 Å². The lowest BCUT2D eigenvalue weighted by Gasteiger charge is -2.47. The van der Waals surface area contributed by atoms with Crippen molar-refractivity contribution in [3.63, 3.8) is 0 Å². The summed E-state index contributed by atoms with van der Waals surface area (Å²) in [5.74, 6) is 1.66. The van der Waals surface area contributed by atoms with Gasteiger partial charge in [0.15, 0.2) is 0 Å². The minimum absolute atomic E-state index is 0.0185. The normalized spacial score (nSPS) is 51.1. The molecule has 2 nitrogen and oxygen atoms in total. The first-order valence-electron chi connectivity index (χ1n) is 7.94. The average molecular weight is 264 g/mol. The molecule has 19 heavy (non-hydrogen) atoms. The van der Waals surface area contributed by atoms with Crippen LogP contribution >= 0.6 is 0 Å². The molecule has 0 aromatic heterocycles. The Labute approximate surface area is 117 Å². The molecule has 0 radical (unpaired) electrons. The zero-order valence-electron chi connectivity index (χ0n) is 12.8. The Morgan fingerprint density at radius 1 is 1.16 bits per heavy atom. The predicted octanol–water partition coefficient (Wildman–Crippen LogP) is 4.34. The number of fused-ring (bicyclic) bond motifs is 1. The summed E-state index contributed by atoms with van der Waals surface area (Å²) < 4.78 is 0. The van der Waals surface area contributed by atoms with E-state index in [1.165, 1.54) is 25.7 Å². The third-order valence-electron chi connectivity index (χ3n) is 7.50. The molecule has 1 spiro atoms. The van der Waals surface area contributed by atoms with Crippen LogP contribution in [-0.4, -0.2) is 11.1 Å². The molecule has 0 aromatic carbocycles. The van der Waals surface area contributed by atoms with Crippen molar-refractivity contribution in [1.82, 2.24) is 0 Å². The lowest BCUT2D eigenvalue weighted by Crippen LogP contribution is -2.40. The van der Waals surface area contributed by atoms with Crippen molar-refractivity contribution in [3.05, 3.63) is 0 Å². The molecule has 3 aliphatic carbocycles. The Kier molecular flexibility index (Phi) is 2.67. The zero-order valence-corrected chi connectivity index (χ0v) is 12.8. The van der Waals surface area contributed by atoms with Gasteiger partial charge in [-0.2, -0.15) is 0 Å². The largest absolute Gasteiger partial charge is 0.481 e. The van der Waals surface area contributed by atoms with E-state index in [0.29, 0.717) is 23.2 Å². The van der Waals surface area contributed by atoms with Gasteiger partial charge in [-0.15, -0.1) is 0 Å². The monoisotopic (exact) mass is 264 g/mol. The Hall–Kier alpha value is -0.530. The number of aliphatic carboxylic acids is 1. The summed E-state index contributed by atoms with van der Waals surface area (Å²) in [6, 6.07) is 0. The number of rotatable bonds is 2. The van der Waals surface area contributed by atoms with Gasteiger partial charge in [-0.1, -0.05) is 27.7 Å². The maximum Gasteiger partial charge on any atom is 0.303 e. The third kappa shape index (κ3) is 1.58. The van der Waals surface area contributed by atoms with Gasteiger partial charge in [0.1, 0.15) is 0 Å². The van der Waals surface area contributed by atoms with Gasteiger partial charge < -0.3 is 5.11 Å². The first-order chi connectivity index (χ1) is 8.72. The highest BCUT2D eigenvalue weighted by Gasteiger charge is 2.67. The Morgan fingerprint density at radius 3 is 2.47 bits per heavy atom. The summed E-state index contributed by atoms with van der Waals surface area (Å²) in [4.78, 5) is 11.3. The third-order valence-corrected chi connectivity index (χ3v) is 7.50. The predicted molar refractivity (Wildman–Crippen MR) is 75.8 cm³/mol. The standard InChI is InChI=1S/C17H28O2/c1-11-5-6-12-15(2,3)13-9-17(11,12)8-7-16(13,4)10-14(18)19/h11-13H,5-10H2,1-4H3,(H,18,19)/t11?,12?,13?,16-,17-/m1/s1. The van der Waals surface area contributed by atoms with Gasteiger partial charge in [0.25, 0.3) is 0 Å². The van der Waals surface area contributed by atoms with E-state index in [-0.39, 0.29) is 5.41 Å². The topological polar surface area (TPSA) is 37.3 Å². The van der Waals surface area contributed by atoms with Gasteiger partial charge in [0.2, 0.25) is 0 Å². The van der Waals surface area contributed by atoms with Gasteiger partial charge in [-0.05, 0) is 66.1 Å². The number of carboxylic acid groups (broad SMARTS) is 1. The van der Waals surface area contributed by atoms with Crippen LogP contribution in [-0.2, 0) is 4.79 Å². The van der Waals surface area contributed by atoms with Crippen LogP contribution in [0.2, 0.25) is 0 Å². The van der Waals surface area contributed by atoms with Crippen LogP contribution in [0.1, 0.15) is 66.2 Å². The maximum absolute atomic E-state index is 11.3. The van der Waals surface area contributed by atoms with Crippen molar-refractivity contribution in [3.8, 4) is 0 Å². The molecule has 3 fully saturated rings. The maximum atomic E-state index is 11.3. The Bertz CT molecular complexity index is 413. The smallest absolute Gasteiger partial charge is 0.303 e. The van der Waals surface area contributed by atoms with E-state index < -0.39 is 5.97 Å². The van der Waals surface area contributed by atoms with Crippen LogP contribution in [0.15, 0.2) is 0 Å². The zero-order chi connectivity index (χ0) is 14.1. The second kappa shape index (κ2) is 3.77. The van der Waals surface area contributed by atoms with Gasteiger partial charge in [0, 0.05) is 0 Å².